The van der Waals surface area contributed by atoms with Gasteiger partial charge in [-0.05, 0) is 19.1 Å². The maximum Gasteiger partial charge on any atom is 0.311 e. The first-order valence-corrected chi connectivity index (χ1v) is 7.46. The van der Waals surface area contributed by atoms with Crippen LogP contribution in [-0.2, 0) is 23.9 Å². The predicted molar refractivity (Wildman–Crippen MR) is 84.6 cm³/mol. The number of hydrogen-bond donors (Lipinski definition) is 2. The number of hydrogen-bond acceptors (Lipinski definition) is 5. The molecule has 0 spiro atoms. The Morgan fingerprint density at radius 1 is 1.21 bits per heavy atom. The fourth-order valence-corrected chi connectivity index (χ4v) is 2.29. The Morgan fingerprint density at radius 2 is 1.88 bits per heavy atom. The number of esters is 1. The van der Waals surface area contributed by atoms with E-state index >= 15 is 0 Å². The van der Waals surface area contributed by atoms with Crippen molar-refractivity contribution in [1.82, 2.24) is 10.9 Å². The first kappa shape index (κ1) is 17.5. The smallest absolute Gasteiger partial charge is 0.311 e. The van der Waals surface area contributed by atoms with Gasteiger partial charge in [0.25, 0.3) is 5.91 Å². The van der Waals surface area contributed by atoms with Crippen molar-refractivity contribution >= 4 is 29.4 Å². The molecule has 1 heterocycles. The number of anilines is 1. The van der Waals surface area contributed by atoms with Crippen LogP contribution in [0.2, 0.25) is 0 Å². The predicted octanol–water partition coefficient (Wildman–Crippen LogP) is 0.0584. The van der Waals surface area contributed by atoms with Gasteiger partial charge in [-0.25, -0.2) is 0 Å². The molecule has 8 heteroatoms. The van der Waals surface area contributed by atoms with Crippen molar-refractivity contribution in [2.24, 2.45) is 5.92 Å². The molecular formula is C16H19N3O5. The van der Waals surface area contributed by atoms with E-state index in [-0.39, 0.29) is 18.9 Å². The molecule has 0 unspecified atom stereocenters. The van der Waals surface area contributed by atoms with Crippen molar-refractivity contribution < 1.29 is 23.9 Å². The second-order valence-electron chi connectivity index (χ2n) is 5.58. The number of carbonyl (C=O) groups excluding carboxylic acids is 4. The lowest BCUT2D eigenvalue weighted by Gasteiger charge is -2.16. The number of rotatable bonds is 4. The molecule has 1 aliphatic heterocycles. The molecule has 2 N–H and O–H groups in total. The number of benzene rings is 1. The van der Waals surface area contributed by atoms with Gasteiger partial charge in [0.1, 0.15) is 0 Å². The molecule has 1 atom stereocenters. The fraction of sp³-hybridized carbons (Fsp3) is 0.375. The van der Waals surface area contributed by atoms with Gasteiger partial charge >= 0.3 is 5.97 Å². The number of nitrogens with one attached hydrogen (secondary N) is 2. The molecule has 0 saturated carbocycles. The quantitative estimate of drug-likeness (QED) is 0.599. The second kappa shape index (κ2) is 7.58. The summed E-state index contributed by atoms with van der Waals surface area (Å²) in [6.45, 7) is 2.88. The summed E-state index contributed by atoms with van der Waals surface area (Å²) in [5.74, 6) is -2.49. The van der Waals surface area contributed by atoms with Crippen LogP contribution in [0.15, 0.2) is 24.3 Å². The van der Waals surface area contributed by atoms with Crippen LogP contribution in [-0.4, -0.2) is 36.8 Å². The van der Waals surface area contributed by atoms with Crippen molar-refractivity contribution in [3.05, 3.63) is 29.8 Å². The van der Waals surface area contributed by atoms with E-state index in [2.05, 4.69) is 10.9 Å². The molecule has 128 valence electrons. The minimum atomic E-state index is -0.654. The Labute approximate surface area is 139 Å². The van der Waals surface area contributed by atoms with Crippen molar-refractivity contribution in [2.45, 2.75) is 20.3 Å². The van der Waals surface area contributed by atoms with Crippen LogP contribution in [0.25, 0.3) is 0 Å². The molecule has 0 bridgehead atoms. The normalized spacial score (nSPS) is 16.7. The van der Waals surface area contributed by atoms with Crippen LogP contribution in [0.1, 0.15) is 18.9 Å². The molecule has 1 aliphatic rings. The van der Waals surface area contributed by atoms with E-state index in [0.717, 1.165) is 11.3 Å². The molecule has 3 amide bonds. The number of carbonyl (C=O) groups is 4. The van der Waals surface area contributed by atoms with Gasteiger partial charge in [0.2, 0.25) is 11.8 Å². The minimum absolute atomic E-state index is 0.0417. The summed E-state index contributed by atoms with van der Waals surface area (Å²) in [4.78, 5) is 47.6. The molecule has 8 nitrogen and oxygen atoms in total. The van der Waals surface area contributed by atoms with E-state index in [1.807, 2.05) is 31.2 Å². The molecule has 1 aromatic carbocycles. The molecule has 1 saturated heterocycles. The third-order valence-corrected chi connectivity index (χ3v) is 3.53. The van der Waals surface area contributed by atoms with Crippen LogP contribution in [0.3, 0.4) is 0 Å². The van der Waals surface area contributed by atoms with E-state index < -0.39 is 30.3 Å². The van der Waals surface area contributed by atoms with Crippen LogP contribution >= 0.6 is 0 Å². The number of ether oxygens (including phenoxy) is 1. The van der Waals surface area contributed by atoms with Gasteiger partial charge in [0, 0.05) is 25.6 Å². The molecule has 1 fully saturated rings. The lowest BCUT2D eigenvalue weighted by atomic mass is 10.1. The summed E-state index contributed by atoms with van der Waals surface area (Å²) in [7, 11) is 0. The van der Waals surface area contributed by atoms with Gasteiger partial charge < -0.3 is 9.64 Å². The Kier molecular flexibility index (Phi) is 5.51. The van der Waals surface area contributed by atoms with Gasteiger partial charge in [-0.1, -0.05) is 17.7 Å². The fourth-order valence-electron chi connectivity index (χ4n) is 2.29. The van der Waals surface area contributed by atoms with Crippen LogP contribution in [0.5, 0.6) is 0 Å². The molecule has 24 heavy (non-hydrogen) atoms. The van der Waals surface area contributed by atoms with E-state index in [9.17, 15) is 19.2 Å². The van der Waals surface area contributed by atoms with Crippen molar-refractivity contribution in [1.29, 1.82) is 0 Å². The lowest BCUT2D eigenvalue weighted by Crippen LogP contribution is -2.42. The minimum Gasteiger partial charge on any atom is -0.455 e. The number of hydrazine groups is 1. The third kappa shape index (κ3) is 4.55. The van der Waals surface area contributed by atoms with Crippen LogP contribution in [0, 0.1) is 12.8 Å². The summed E-state index contributed by atoms with van der Waals surface area (Å²) >= 11 is 0. The van der Waals surface area contributed by atoms with E-state index in [1.54, 1.807) is 0 Å². The van der Waals surface area contributed by atoms with Gasteiger partial charge in [0.05, 0.1) is 5.92 Å². The second-order valence-corrected chi connectivity index (χ2v) is 5.58. The van der Waals surface area contributed by atoms with Gasteiger partial charge in [-0.3, -0.25) is 30.0 Å². The summed E-state index contributed by atoms with van der Waals surface area (Å²) < 4.78 is 4.89. The summed E-state index contributed by atoms with van der Waals surface area (Å²) in [5, 5.41) is 0. The van der Waals surface area contributed by atoms with Gasteiger partial charge in [0.15, 0.2) is 6.61 Å². The maximum atomic E-state index is 12.1. The average molecular weight is 333 g/mol. The zero-order valence-corrected chi connectivity index (χ0v) is 13.5. The van der Waals surface area contributed by atoms with E-state index in [0.29, 0.717) is 0 Å². The third-order valence-electron chi connectivity index (χ3n) is 3.53. The van der Waals surface area contributed by atoms with E-state index in [4.69, 9.17) is 4.74 Å². The summed E-state index contributed by atoms with van der Waals surface area (Å²) in [6.07, 6.45) is 0.0417. The summed E-state index contributed by atoms with van der Waals surface area (Å²) in [5.41, 5.74) is 5.97. The highest BCUT2D eigenvalue weighted by molar-refractivity contribution is 5.99. The Bertz CT molecular complexity index is 656. The van der Waals surface area contributed by atoms with Crippen LogP contribution in [0.4, 0.5) is 5.69 Å². The molecule has 2 rings (SSSR count). The molecule has 1 aromatic rings. The highest BCUT2D eigenvalue weighted by Crippen LogP contribution is 2.26. The molecule has 0 aliphatic carbocycles. The Morgan fingerprint density at radius 3 is 2.50 bits per heavy atom. The maximum absolute atomic E-state index is 12.1. The van der Waals surface area contributed by atoms with Gasteiger partial charge in [-0.2, -0.15) is 0 Å². The average Bonchev–Trinajstić information content (AvgIpc) is 2.93. The number of amides is 3. The molecule has 0 radical (unpaired) electrons. The van der Waals surface area contributed by atoms with Crippen molar-refractivity contribution in [3.8, 4) is 0 Å². The van der Waals surface area contributed by atoms with Crippen molar-refractivity contribution in [3.63, 3.8) is 0 Å². The highest BCUT2D eigenvalue weighted by atomic mass is 16.5. The largest absolute Gasteiger partial charge is 0.455 e. The Hall–Kier alpha value is -2.90. The van der Waals surface area contributed by atoms with Crippen LogP contribution < -0.4 is 15.8 Å². The SMILES string of the molecule is CC(=O)NNC(=O)COC(=O)[C@H]1CC(=O)N(c2ccc(C)cc2)C1. The summed E-state index contributed by atoms with van der Waals surface area (Å²) in [6, 6.07) is 7.42. The molecular weight excluding hydrogens is 314 g/mol. The number of nitrogens with zero attached hydrogens (tertiary/aromatic N) is 1. The topological polar surface area (TPSA) is 105 Å². The monoisotopic (exact) mass is 333 g/mol. The lowest BCUT2D eigenvalue weighted by molar-refractivity contribution is -0.152. The standard InChI is InChI=1S/C16H19N3O5/c1-10-3-5-13(6-4-10)19-8-12(7-15(19)22)16(23)24-9-14(21)18-17-11(2)20/h3-6,12H,7-9H2,1-2H3,(H,17,20)(H,18,21)/t12-/m0/s1. The molecule has 0 aromatic heterocycles. The van der Waals surface area contributed by atoms with E-state index in [1.165, 1.54) is 11.8 Å². The van der Waals surface area contributed by atoms with Gasteiger partial charge in [-0.15, -0.1) is 0 Å². The van der Waals surface area contributed by atoms with Crippen molar-refractivity contribution in [2.75, 3.05) is 18.1 Å². The zero-order chi connectivity index (χ0) is 17.7. The highest BCUT2D eigenvalue weighted by Gasteiger charge is 2.36. The zero-order valence-electron chi connectivity index (χ0n) is 13.5. The Balaban J connectivity index is 1.86. The number of aryl methyl sites for hydroxylation is 1. The first-order chi connectivity index (χ1) is 11.4. The first-order valence-electron chi connectivity index (χ1n) is 7.46.